The van der Waals surface area contributed by atoms with Crippen molar-refractivity contribution in [2.45, 2.75) is 19.3 Å². The smallest absolute Gasteiger partial charge is 0.253 e. The van der Waals surface area contributed by atoms with Crippen molar-refractivity contribution in [3.63, 3.8) is 0 Å². The number of nitrogens with one attached hydrogen (secondary N) is 1. The van der Waals surface area contributed by atoms with E-state index in [9.17, 15) is 9.59 Å². The first-order valence-electron chi connectivity index (χ1n) is 9.71. The highest BCUT2D eigenvalue weighted by Gasteiger charge is 2.17. The van der Waals surface area contributed by atoms with E-state index in [0.717, 1.165) is 31.5 Å². The molecule has 152 valence electrons. The standard InChI is InChI=1S/C23H26N2O4/c1-28-20-12-6-17(16-21(20)29-2)7-13-22(26)24-19-10-8-18(9-11-19)23(27)25-14-4-3-5-15-25/h6-13,16H,3-5,14-15H2,1-2H3,(H,24,26)/b13-7+. The quantitative estimate of drug-likeness (QED) is 0.753. The largest absolute Gasteiger partial charge is 0.493 e. The lowest BCUT2D eigenvalue weighted by molar-refractivity contribution is -0.111. The molecule has 2 amide bonds. The van der Waals surface area contributed by atoms with Crippen LogP contribution in [0.1, 0.15) is 35.2 Å². The van der Waals surface area contributed by atoms with Gasteiger partial charge in [-0.2, -0.15) is 0 Å². The lowest BCUT2D eigenvalue weighted by Gasteiger charge is -2.26. The van der Waals surface area contributed by atoms with E-state index in [1.807, 2.05) is 11.0 Å². The molecule has 0 radical (unpaired) electrons. The predicted octanol–water partition coefficient (Wildman–Crippen LogP) is 3.98. The minimum absolute atomic E-state index is 0.0518. The van der Waals surface area contributed by atoms with Gasteiger partial charge in [0.25, 0.3) is 5.91 Å². The Bertz CT molecular complexity index is 884. The third-order valence-electron chi connectivity index (χ3n) is 4.88. The Hall–Kier alpha value is -3.28. The Labute approximate surface area is 171 Å². The minimum atomic E-state index is -0.255. The average Bonchev–Trinajstić information content (AvgIpc) is 2.78. The molecule has 0 saturated carbocycles. The highest BCUT2D eigenvalue weighted by atomic mass is 16.5. The average molecular weight is 394 g/mol. The van der Waals surface area contributed by atoms with Crippen molar-refractivity contribution < 1.29 is 19.1 Å². The molecule has 0 aliphatic carbocycles. The Morgan fingerprint density at radius 3 is 2.28 bits per heavy atom. The summed E-state index contributed by atoms with van der Waals surface area (Å²) in [6.45, 7) is 1.64. The Morgan fingerprint density at radius 1 is 0.931 bits per heavy atom. The first kappa shape index (κ1) is 20.5. The second kappa shape index (κ2) is 9.78. The van der Waals surface area contributed by atoms with Crippen LogP contribution in [0.25, 0.3) is 6.08 Å². The Morgan fingerprint density at radius 2 is 1.62 bits per heavy atom. The number of carbonyl (C=O) groups excluding carboxylic acids is 2. The number of ether oxygens (including phenoxy) is 2. The lowest BCUT2D eigenvalue weighted by Crippen LogP contribution is -2.35. The van der Waals surface area contributed by atoms with E-state index < -0.39 is 0 Å². The van der Waals surface area contributed by atoms with Crippen LogP contribution in [0.3, 0.4) is 0 Å². The van der Waals surface area contributed by atoms with Crippen LogP contribution in [0.4, 0.5) is 5.69 Å². The van der Waals surface area contributed by atoms with E-state index in [-0.39, 0.29) is 11.8 Å². The molecule has 1 aliphatic heterocycles. The van der Waals surface area contributed by atoms with Gasteiger partial charge in [0.2, 0.25) is 5.91 Å². The zero-order valence-electron chi connectivity index (χ0n) is 16.8. The molecular formula is C23H26N2O4. The SMILES string of the molecule is COc1ccc(/C=C/C(=O)Nc2ccc(C(=O)N3CCCCC3)cc2)cc1OC. The summed E-state index contributed by atoms with van der Waals surface area (Å²) in [6, 6.07) is 12.4. The van der Waals surface area contributed by atoms with Gasteiger partial charge in [-0.1, -0.05) is 6.07 Å². The van der Waals surface area contributed by atoms with Gasteiger partial charge in [0.1, 0.15) is 0 Å². The van der Waals surface area contributed by atoms with Crippen LogP contribution in [-0.4, -0.2) is 44.0 Å². The highest BCUT2D eigenvalue weighted by Crippen LogP contribution is 2.28. The third-order valence-corrected chi connectivity index (χ3v) is 4.88. The van der Waals surface area contributed by atoms with Gasteiger partial charge in [0.15, 0.2) is 11.5 Å². The van der Waals surface area contributed by atoms with E-state index in [0.29, 0.717) is 22.7 Å². The molecule has 0 aromatic heterocycles. The summed E-state index contributed by atoms with van der Waals surface area (Å²) in [6.07, 6.45) is 6.46. The molecular weight excluding hydrogens is 368 g/mol. The van der Waals surface area contributed by atoms with E-state index in [2.05, 4.69) is 5.32 Å². The van der Waals surface area contributed by atoms with Gasteiger partial charge in [-0.05, 0) is 67.3 Å². The van der Waals surface area contributed by atoms with Gasteiger partial charge in [-0.25, -0.2) is 0 Å². The number of amides is 2. The van der Waals surface area contributed by atoms with Crippen LogP contribution in [-0.2, 0) is 4.79 Å². The van der Waals surface area contributed by atoms with Crippen molar-refractivity contribution in [1.29, 1.82) is 0 Å². The molecule has 1 saturated heterocycles. The van der Waals surface area contributed by atoms with Gasteiger partial charge in [-0.15, -0.1) is 0 Å². The highest BCUT2D eigenvalue weighted by molar-refractivity contribution is 6.02. The van der Waals surface area contributed by atoms with Crippen LogP contribution >= 0.6 is 0 Å². The molecule has 0 spiro atoms. The van der Waals surface area contributed by atoms with Crippen molar-refractivity contribution in [3.8, 4) is 11.5 Å². The molecule has 2 aromatic rings. The number of anilines is 1. The molecule has 29 heavy (non-hydrogen) atoms. The second-order valence-corrected chi connectivity index (χ2v) is 6.87. The molecule has 3 rings (SSSR count). The first-order chi connectivity index (χ1) is 14.1. The third kappa shape index (κ3) is 5.38. The Balaban J connectivity index is 1.59. The fourth-order valence-corrected chi connectivity index (χ4v) is 3.29. The molecule has 0 atom stereocenters. The van der Waals surface area contributed by atoms with Crippen LogP contribution < -0.4 is 14.8 Å². The molecule has 2 aromatic carbocycles. The lowest BCUT2D eigenvalue weighted by atomic mass is 10.1. The summed E-state index contributed by atoms with van der Waals surface area (Å²) in [5.41, 5.74) is 2.10. The topological polar surface area (TPSA) is 67.9 Å². The molecule has 6 nitrogen and oxygen atoms in total. The van der Waals surface area contributed by atoms with Crippen LogP contribution in [0.15, 0.2) is 48.5 Å². The number of benzene rings is 2. The molecule has 6 heteroatoms. The zero-order chi connectivity index (χ0) is 20.6. The van der Waals surface area contributed by atoms with Gasteiger partial charge in [0, 0.05) is 30.4 Å². The van der Waals surface area contributed by atoms with Crippen LogP contribution in [0.2, 0.25) is 0 Å². The number of carbonyl (C=O) groups is 2. The summed E-state index contributed by atoms with van der Waals surface area (Å²) in [7, 11) is 3.14. The maximum absolute atomic E-state index is 12.5. The molecule has 0 bridgehead atoms. The number of hydrogen-bond acceptors (Lipinski definition) is 4. The Kier molecular flexibility index (Phi) is 6.89. The number of methoxy groups -OCH3 is 2. The normalized spacial score (nSPS) is 13.9. The molecule has 1 fully saturated rings. The summed E-state index contributed by atoms with van der Waals surface area (Å²) in [5.74, 6) is 1.03. The van der Waals surface area contributed by atoms with E-state index in [1.165, 1.54) is 12.5 Å². The predicted molar refractivity (Wildman–Crippen MR) is 113 cm³/mol. The van der Waals surface area contributed by atoms with Crippen molar-refractivity contribution in [2.75, 3.05) is 32.6 Å². The number of likely N-dealkylation sites (tertiary alicyclic amines) is 1. The fourth-order valence-electron chi connectivity index (χ4n) is 3.29. The maximum atomic E-state index is 12.5. The zero-order valence-corrected chi connectivity index (χ0v) is 16.8. The second-order valence-electron chi connectivity index (χ2n) is 6.87. The summed E-state index contributed by atoms with van der Waals surface area (Å²) >= 11 is 0. The maximum Gasteiger partial charge on any atom is 0.253 e. The van der Waals surface area contributed by atoms with E-state index in [4.69, 9.17) is 9.47 Å². The van der Waals surface area contributed by atoms with Crippen molar-refractivity contribution in [1.82, 2.24) is 4.90 Å². The van der Waals surface area contributed by atoms with Crippen molar-refractivity contribution >= 4 is 23.6 Å². The molecule has 1 heterocycles. The molecule has 1 aliphatic rings. The van der Waals surface area contributed by atoms with Gasteiger partial charge >= 0.3 is 0 Å². The van der Waals surface area contributed by atoms with Gasteiger partial charge in [0.05, 0.1) is 14.2 Å². The van der Waals surface area contributed by atoms with E-state index >= 15 is 0 Å². The molecule has 1 N–H and O–H groups in total. The first-order valence-corrected chi connectivity index (χ1v) is 9.71. The van der Waals surface area contributed by atoms with Crippen LogP contribution in [0.5, 0.6) is 11.5 Å². The summed E-state index contributed by atoms with van der Waals surface area (Å²) in [4.78, 5) is 26.6. The number of hydrogen-bond donors (Lipinski definition) is 1. The van der Waals surface area contributed by atoms with E-state index in [1.54, 1.807) is 56.7 Å². The van der Waals surface area contributed by atoms with Crippen molar-refractivity contribution in [3.05, 3.63) is 59.7 Å². The fraction of sp³-hybridized carbons (Fsp3) is 0.304. The minimum Gasteiger partial charge on any atom is -0.493 e. The monoisotopic (exact) mass is 394 g/mol. The number of rotatable bonds is 6. The molecule has 0 unspecified atom stereocenters. The number of nitrogens with zero attached hydrogens (tertiary/aromatic N) is 1. The summed E-state index contributed by atoms with van der Waals surface area (Å²) < 4.78 is 10.5. The van der Waals surface area contributed by atoms with Gasteiger partial charge < -0.3 is 19.7 Å². The van der Waals surface area contributed by atoms with Crippen molar-refractivity contribution in [2.24, 2.45) is 0 Å². The van der Waals surface area contributed by atoms with Crippen LogP contribution in [0, 0.1) is 0 Å². The van der Waals surface area contributed by atoms with Gasteiger partial charge in [-0.3, -0.25) is 9.59 Å². The summed E-state index contributed by atoms with van der Waals surface area (Å²) in [5, 5.41) is 2.80. The number of piperidine rings is 1.